The van der Waals surface area contributed by atoms with Crippen LogP contribution in [0.1, 0.15) is 82.8 Å². The van der Waals surface area contributed by atoms with Crippen LogP contribution in [0.25, 0.3) is 0 Å². The summed E-state index contributed by atoms with van der Waals surface area (Å²) >= 11 is 0. The molecule has 0 saturated heterocycles. The molecule has 1 atom stereocenters. The van der Waals surface area contributed by atoms with Crippen molar-refractivity contribution >= 4 is 0 Å². The number of rotatable bonds is 8. The van der Waals surface area contributed by atoms with E-state index in [0.717, 1.165) is 31.8 Å². The lowest BCUT2D eigenvalue weighted by atomic mass is 10.0. The predicted molar refractivity (Wildman–Crippen MR) is 89.6 cm³/mol. The van der Waals surface area contributed by atoms with Gasteiger partial charge in [0.15, 0.2) is 0 Å². The minimum absolute atomic E-state index is 0.423. The molecule has 1 N–H and O–H groups in total. The fraction of sp³-hybridized carbons (Fsp3) is 0.833. The molecule has 21 heavy (non-hydrogen) atoms. The van der Waals surface area contributed by atoms with E-state index in [2.05, 4.69) is 37.7 Å². The van der Waals surface area contributed by atoms with Gasteiger partial charge in [0.2, 0.25) is 0 Å². The summed E-state index contributed by atoms with van der Waals surface area (Å²) in [6, 6.07) is 0.423. The van der Waals surface area contributed by atoms with Crippen molar-refractivity contribution in [3.8, 4) is 0 Å². The average molecular weight is 291 g/mol. The van der Waals surface area contributed by atoms with Crippen LogP contribution in [-0.2, 0) is 19.4 Å². The minimum Gasteiger partial charge on any atom is -0.310 e. The van der Waals surface area contributed by atoms with Crippen molar-refractivity contribution in [2.24, 2.45) is 5.92 Å². The molecule has 1 aliphatic carbocycles. The van der Waals surface area contributed by atoms with E-state index in [1.165, 1.54) is 49.1 Å². The maximum atomic E-state index is 4.97. The molecular weight excluding hydrogens is 258 g/mol. The Balaban J connectivity index is 2.22. The van der Waals surface area contributed by atoms with Gasteiger partial charge in [-0.25, -0.2) is 0 Å². The van der Waals surface area contributed by atoms with Crippen LogP contribution in [0.5, 0.6) is 0 Å². The van der Waals surface area contributed by atoms with E-state index >= 15 is 0 Å². The molecule has 3 nitrogen and oxygen atoms in total. The molecule has 0 aliphatic heterocycles. The van der Waals surface area contributed by atoms with Crippen LogP contribution in [0, 0.1) is 5.92 Å². The van der Waals surface area contributed by atoms with Crippen LogP contribution in [0.3, 0.4) is 0 Å². The van der Waals surface area contributed by atoms with Crippen molar-refractivity contribution < 1.29 is 0 Å². The topological polar surface area (TPSA) is 29.9 Å². The van der Waals surface area contributed by atoms with E-state index in [4.69, 9.17) is 5.10 Å². The molecule has 1 unspecified atom stereocenters. The maximum Gasteiger partial charge on any atom is 0.0672 e. The van der Waals surface area contributed by atoms with Crippen LogP contribution in [-0.4, -0.2) is 16.3 Å². The molecule has 0 amide bonds. The quantitative estimate of drug-likeness (QED) is 0.775. The van der Waals surface area contributed by atoms with E-state index in [9.17, 15) is 0 Å². The third-order valence-corrected chi connectivity index (χ3v) is 4.88. The molecule has 1 heterocycles. The van der Waals surface area contributed by atoms with Crippen molar-refractivity contribution in [2.45, 2.75) is 85.2 Å². The number of hydrogen-bond donors (Lipinski definition) is 1. The van der Waals surface area contributed by atoms with Gasteiger partial charge in [0.25, 0.3) is 0 Å². The monoisotopic (exact) mass is 291 g/mol. The standard InChI is InChI=1S/C18H33N3/c1-5-12-19-14(4)18-16(6-2)20-21(17(18)7-3)13-15-10-8-9-11-15/h14-15,19H,5-13H2,1-4H3. The number of nitrogens with zero attached hydrogens (tertiary/aromatic N) is 2. The van der Waals surface area contributed by atoms with Crippen molar-refractivity contribution in [3.63, 3.8) is 0 Å². The van der Waals surface area contributed by atoms with Gasteiger partial charge >= 0.3 is 0 Å². The lowest BCUT2D eigenvalue weighted by Crippen LogP contribution is -2.21. The summed E-state index contributed by atoms with van der Waals surface area (Å²) in [5.74, 6) is 0.853. The smallest absolute Gasteiger partial charge is 0.0672 e. The molecule has 0 bridgehead atoms. The van der Waals surface area contributed by atoms with Crippen LogP contribution < -0.4 is 5.32 Å². The zero-order chi connectivity index (χ0) is 15.2. The second-order valence-corrected chi connectivity index (χ2v) is 6.52. The molecule has 1 aromatic heterocycles. The molecule has 1 aromatic rings. The summed E-state index contributed by atoms with van der Waals surface area (Å²) in [6.07, 6.45) is 8.92. The number of hydrogen-bond acceptors (Lipinski definition) is 2. The first kappa shape index (κ1) is 16.5. The summed E-state index contributed by atoms with van der Waals surface area (Å²) in [5.41, 5.74) is 4.25. The first-order chi connectivity index (χ1) is 10.2. The predicted octanol–water partition coefficient (Wildman–Crippen LogP) is 4.26. The van der Waals surface area contributed by atoms with E-state index in [-0.39, 0.29) is 0 Å². The fourth-order valence-electron chi connectivity index (χ4n) is 3.75. The lowest BCUT2D eigenvalue weighted by molar-refractivity contribution is 0.417. The molecule has 120 valence electrons. The second-order valence-electron chi connectivity index (χ2n) is 6.52. The fourth-order valence-corrected chi connectivity index (χ4v) is 3.75. The van der Waals surface area contributed by atoms with Gasteiger partial charge in [-0.05, 0) is 51.5 Å². The minimum atomic E-state index is 0.423. The third kappa shape index (κ3) is 3.88. The summed E-state index contributed by atoms with van der Waals surface area (Å²) < 4.78 is 2.34. The van der Waals surface area contributed by atoms with Gasteiger partial charge in [-0.1, -0.05) is 33.6 Å². The molecule has 3 heteroatoms. The Hall–Kier alpha value is -0.830. The first-order valence-electron chi connectivity index (χ1n) is 9.02. The summed E-state index contributed by atoms with van der Waals surface area (Å²) in [7, 11) is 0. The highest BCUT2D eigenvalue weighted by Crippen LogP contribution is 2.29. The highest BCUT2D eigenvalue weighted by Gasteiger charge is 2.23. The van der Waals surface area contributed by atoms with Crippen LogP contribution in [0.15, 0.2) is 0 Å². The van der Waals surface area contributed by atoms with Gasteiger partial charge < -0.3 is 5.32 Å². The number of nitrogens with one attached hydrogen (secondary N) is 1. The van der Waals surface area contributed by atoms with E-state index in [1.54, 1.807) is 0 Å². The molecular formula is C18H33N3. The molecule has 1 saturated carbocycles. The maximum absolute atomic E-state index is 4.97. The first-order valence-corrected chi connectivity index (χ1v) is 9.02. The SMILES string of the molecule is CCCNC(C)c1c(CC)nn(CC2CCCC2)c1CC. The molecule has 2 rings (SSSR count). The Kier molecular flexibility index (Phi) is 6.28. The van der Waals surface area contributed by atoms with E-state index in [1.807, 2.05) is 0 Å². The summed E-state index contributed by atoms with van der Waals surface area (Å²) in [5, 5.41) is 8.62. The van der Waals surface area contributed by atoms with Gasteiger partial charge in [-0.2, -0.15) is 5.10 Å². The lowest BCUT2D eigenvalue weighted by Gasteiger charge is -2.17. The second kappa shape index (κ2) is 7.98. The van der Waals surface area contributed by atoms with E-state index in [0.29, 0.717) is 6.04 Å². The van der Waals surface area contributed by atoms with Crippen LogP contribution in [0.2, 0.25) is 0 Å². The largest absolute Gasteiger partial charge is 0.310 e. The average Bonchev–Trinajstić information content (AvgIpc) is 3.12. The van der Waals surface area contributed by atoms with Crippen molar-refractivity contribution in [3.05, 3.63) is 17.0 Å². The van der Waals surface area contributed by atoms with Crippen LogP contribution >= 0.6 is 0 Å². The summed E-state index contributed by atoms with van der Waals surface area (Å²) in [4.78, 5) is 0. The van der Waals surface area contributed by atoms with Gasteiger partial charge in [0.1, 0.15) is 0 Å². The van der Waals surface area contributed by atoms with Gasteiger partial charge in [-0.15, -0.1) is 0 Å². The molecule has 0 aromatic carbocycles. The van der Waals surface area contributed by atoms with Gasteiger partial charge in [0.05, 0.1) is 5.69 Å². The number of aryl methyl sites for hydroxylation is 1. The molecule has 0 spiro atoms. The third-order valence-electron chi connectivity index (χ3n) is 4.88. The summed E-state index contributed by atoms with van der Waals surface area (Å²) in [6.45, 7) is 11.3. The zero-order valence-corrected chi connectivity index (χ0v) is 14.4. The Morgan fingerprint density at radius 1 is 1.19 bits per heavy atom. The highest BCUT2D eigenvalue weighted by molar-refractivity contribution is 5.30. The highest BCUT2D eigenvalue weighted by atomic mass is 15.3. The Morgan fingerprint density at radius 2 is 1.90 bits per heavy atom. The van der Waals surface area contributed by atoms with Crippen LogP contribution in [0.4, 0.5) is 0 Å². The normalized spacial score (nSPS) is 17.5. The Labute approximate surface area is 130 Å². The molecule has 0 radical (unpaired) electrons. The van der Waals surface area contributed by atoms with Gasteiger partial charge in [0, 0.05) is 23.8 Å². The van der Waals surface area contributed by atoms with Crippen molar-refractivity contribution in [2.75, 3.05) is 6.54 Å². The zero-order valence-electron chi connectivity index (χ0n) is 14.4. The number of aromatic nitrogens is 2. The van der Waals surface area contributed by atoms with Gasteiger partial charge in [-0.3, -0.25) is 4.68 Å². The molecule has 1 fully saturated rings. The Morgan fingerprint density at radius 3 is 2.48 bits per heavy atom. The van der Waals surface area contributed by atoms with Crippen molar-refractivity contribution in [1.29, 1.82) is 0 Å². The van der Waals surface area contributed by atoms with Crippen molar-refractivity contribution in [1.82, 2.24) is 15.1 Å². The van der Waals surface area contributed by atoms with E-state index < -0.39 is 0 Å². The Bertz CT molecular complexity index is 430. The molecule has 1 aliphatic rings.